The van der Waals surface area contributed by atoms with E-state index in [1.54, 1.807) is 0 Å². The Bertz CT molecular complexity index is 718. The summed E-state index contributed by atoms with van der Waals surface area (Å²) in [6, 6.07) is 1.14. The Hall–Kier alpha value is -1.79. The van der Waals surface area contributed by atoms with E-state index in [-0.39, 0.29) is 12.0 Å². The van der Waals surface area contributed by atoms with Crippen LogP contribution < -0.4 is 9.47 Å². The van der Waals surface area contributed by atoms with Crippen LogP contribution in [0.15, 0.2) is 23.8 Å². The second kappa shape index (κ2) is 10.0. The maximum Gasteiger partial charge on any atom is 0.422 e. The first kappa shape index (κ1) is 22.9. The lowest BCUT2D eigenvalue weighted by molar-refractivity contribution is -0.145. The van der Waals surface area contributed by atoms with Crippen LogP contribution >= 0.6 is 0 Å². The number of halogens is 5. The summed E-state index contributed by atoms with van der Waals surface area (Å²) in [7, 11) is 0. The smallest absolute Gasteiger partial charge is 0.422 e. The molecule has 2 aliphatic rings. The third kappa shape index (κ3) is 5.46. The predicted molar refractivity (Wildman–Crippen MR) is 104 cm³/mol. The van der Waals surface area contributed by atoms with E-state index in [2.05, 4.69) is 16.4 Å². The number of hydrogen-bond donors (Lipinski definition) is 0. The largest absolute Gasteiger partial charge is 0.457 e. The van der Waals surface area contributed by atoms with Crippen LogP contribution in [0.25, 0.3) is 0 Å². The highest BCUT2D eigenvalue weighted by Gasteiger charge is 2.40. The van der Waals surface area contributed by atoms with Gasteiger partial charge in [-0.15, -0.1) is 0 Å². The molecule has 0 aromatic heterocycles. The quantitative estimate of drug-likeness (QED) is 0.311. The van der Waals surface area contributed by atoms with Crippen LogP contribution in [0.1, 0.15) is 64.7 Å². The van der Waals surface area contributed by atoms with Crippen LogP contribution in [-0.4, -0.2) is 13.0 Å². The van der Waals surface area contributed by atoms with Gasteiger partial charge in [0, 0.05) is 17.7 Å². The Kier molecular flexibility index (Phi) is 7.64. The summed E-state index contributed by atoms with van der Waals surface area (Å²) in [6.45, 7) is 0.773. The fourth-order valence-corrected chi connectivity index (χ4v) is 4.91. The summed E-state index contributed by atoms with van der Waals surface area (Å²) >= 11 is 0. The zero-order chi connectivity index (χ0) is 21.7. The van der Waals surface area contributed by atoms with Crippen molar-refractivity contribution in [2.24, 2.45) is 17.8 Å². The van der Waals surface area contributed by atoms with Crippen molar-refractivity contribution < 1.29 is 31.4 Å². The van der Waals surface area contributed by atoms with E-state index in [9.17, 15) is 22.0 Å². The second-order valence-electron chi connectivity index (χ2n) is 8.42. The van der Waals surface area contributed by atoms with Gasteiger partial charge in [0.15, 0.2) is 17.4 Å². The molecular formula is C23H29F5O2. The Morgan fingerprint density at radius 3 is 2.20 bits per heavy atom. The molecular weight excluding hydrogens is 403 g/mol. The molecule has 1 atom stereocenters. The van der Waals surface area contributed by atoms with Gasteiger partial charge in [0.05, 0.1) is 0 Å². The number of benzene rings is 1. The number of alkyl halides is 3. The first-order valence-corrected chi connectivity index (χ1v) is 10.8. The van der Waals surface area contributed by atoms with E-state index in [4.69, 9.17) is 0 Å². The molecule has 0 bridgehead atoms. The highest BCUT2D eigenvalue weighted by atomic mass is 19.3. The molecule has 0 saturated heterocycles. The SMILES string of the molecule is CCCC1CCC(C2CC=C(C(F)(F)Oc3cc(F)c(OCF)c(F)c3)CC2)CC1. The van der Waals surface area contributed by atoms with Crippen molar-refractivity contribution in [2.45, 2.75) is 70.8 Å². The van der Waals surface area contributed by atoms with Crippen LogP contribution in [-0.2, 0) is 0 Å². The number of allylic oxidation sites excluding steroid dienone is 1. The Morgan fingerprint density at radius 2 is 1.67 bits per heavy atom. The summed E-state index contributed by atoms with van der Waals surface area (Å²) in [4.78, 5) is 0. The first-order valence-electron chi connectivity index (χ1n) is 10.8. The Balaban J connectivity index is 1.60. The van der Waals surface area contributed by atoms with Crippen molar-refractivity contribution in [3.8, 4) is 11.5 Å². The van der Waals surface area contributed by atoms with E-state index in [0.717, 1.165) is 18.8 Å². The fraction of sp³-hybridized carbons (Fsp3) is 0.652. The molecule has 0 spiro atoms. The molecule has 7 heteroatoms. The summed E-state index contributed by atoms with van der Waals surface area (Å²) in [5, 5.41) is 0. The molecule has 1 saturated carbocycles. The average molecular weight is 432 g/mol. The van der Waals surface area contributed by atoms with Gasteiger partial charge in [-0.3, -0.25) is 0 Å². The van der Waals surface area contributed by atoms with Gasteiger partial charge in [-0.1, -0.05) is 38.7 Å². The molecule has 1 unspecified atom stereocenters. The second-order valence-corrected chi connectivity index (χ2v) is 8.42. The lowest BCUT2D eigenvalue weighted by Gasteiger charge is -2.36. The van der Waals surface area contributed by atoms with Gasteiger partial charge >= 0.3 is 6.11 Å². The molecule has 1 aromatic rings. The normalized spacial score (nSPS) is 25.0. The van der Waals surface area contributed by atoms with E-state index in [1.165, 1.54) is 31.8 Å². The number of hydrogen-bond acceptors (Lipinski definition) is 2. The first-order chi connectivity index (χ1) is 14.3. The average Bonchev–Trinajstić information content (AvgIpc) is 2.71. The zero-order valence-corrected chi connectivity index (χ0v) is 17.2. The van der Waals surface area contributed by atoms with Crippen LogP contribution in [0, 0.1) is 29.4 Å². The molecule has 0 radical (unpaired) electrons. The van der Waals surface area contributed by atoms with E-state index >= 15 is 0 Å². The maximum atomic E-state index is 14.6. The molecule has 0 N–H and O–H groups in total. The van der Waals surface area contributed by atoms with Gasteiger partial charge in [0.1, 0.15) is 5.75 Å². The van der Waals surface area contributed by atoms with Crippen molar-refractivity contribution in [3.63, 3.8) is 0 Å². The van der Waals surface area contributed by atoms with Crippen molar-refractivity contribution in [1.29, 1.82) is 0 Å². The molecule has 1 aromatic carbocycles. The summed E-state index contributed by atoms with van der Waals surface area (Å²) in [5.74, 6) is -2.43. The molecule has 30 heavy (non-hydrogen) atoms. The fourth-order valence-electron chi connectivity index (χ4n) is 4.91. The predicted octanol–water partition coefficient (Wildman–Crippen LogP) is 7.58. The molecule has 1 fully saturated rings. The van der Waals surface area contributed by atoms with Gasteiger partial charge in [-0.25, -0.2) is 13.2 Å². The maximum absolute atomic E-state index is 14.6. The molecule has 168 valence electrons. The van der Waals surface area contributed by atoms with Gasteiger partial charge in [0.25, 0.3) is 0 Å². The number of rotatable bonds is 8. The third-order valence-electron chi connectivity index (χ3n) is 6.50. The highest BCUT2D eigenvalue weighted by molar-refractivity contribution is 5.35. The van der Waals surface area contributed by atoms with Gasteiger partial charge in [-0.2, -0.15) is 8.78 Å². The standard InChI is InChI=1S/C23H29F5O2/c1-2-3-15-4-6-16(7-5-15)17-8-10-18(11-9-17)23(27,28)30-19-12-20(25)22(29-14-24)21(26)13-19/h10,12-13,15-17H,2-9,11,14H2,1H3. The number of ether oxygens (including phenoxy) is 2. The summed E-state index contributed by atoms with van der Waals surface area (Å²) < 4.78 is 77.7. The van der Waals surface area contributed by atoms with Crippen LogP contribution in [0.2, 0.25) is 0 Å². The minimum atomic E-state index is -3.66. The van der Waals surface area contributed by atoms with E-state index < -0.39 is 36.1 Å². The highest BCUT2D eigenvalue weighted by Crippen LogP contribution is 2.43. The Labute approximate surface area is 174 Å². The summed E-state index contributed by atoms with van der Waals surface area (Å²) in [6.07, 6.45) is 6.56. The lowest BCUT2D eigenvalue weighted by Crippen LogP contribution is -2.31. The molecule has 2 nitrogen and oxygen atoms in total. The van der Waals surface area contributed by atoms with Crippen molar-refractivity contribution in [1.82, 2.24) is 0 Å². The van der Waals surface area contributed by atoms with Crippen molar-refractivity contribution >= 4 is 0 Å². The van der Waals surface area contributed by atoms with Crippen molar-refractivity contribution in [3.05, 3.63) is 35.4 Å². The summed E-state index contributed by atoms with van der Waals surface area (Å²) in [5.41, 5.74) is -0.164. The molecule has 2 aliphatic carbocycles. The topological polar surface area (TPSA) is 18.5 Å². The lowest BCUT2D eigenvalue weighted by atomic mass is 9.70. The van der Waals surface area contributed by atoms with Crippen LogP contribution in [0.5, 0.6) is 11.5 Å². The molecule has 3 rings (SSSR count). The van der Waals surface area contributed by atoms with E-state index in [0.29, 0.717) is 36.8 Å². The van der Waals surface area contributed by atoms with Gasteiger partial charge in [-0.05, 0) is 49.9 Å². The molecule has 0 heterocycles. The van der Waals surface area contributed by atoms with Crippen LogP contribution in [0.4, 0.5) is 22.0 Å². The van der Waals surface area contributed by atoms with E-state index in [1.807, 2.05) is 0 Å². The third-order valence-corrected chi connectivity index (χ3v) is 6.50. The van der Waals surface area contributed by atoms with Crippen LogP contribution in [0.3, 0.4) is 0 Å². The van der Waals surface area contributed by atoms with Gasteiger partial charge in [0.2, 0.25) is 6.86 Å². The Morgan fingerprint density at radius 1 is 1.00 bits per heavy atom. The minimum absolute atomic E-state index is 0.164. The minimum Gasteiger partial charge on any atom is -0.457 e. The van der Waals surface area contributed by atoms with Crippen molar-refractivity contribution in [2.75, 3.05) is 6.86 Å². The van der Waals surface area contributed by atoms with Gasteiger partial charge < -0.3 is 9.47 Å². The molecule has 0 aliphatic heterocycles. The zero-order valence-electron chi connectivity index (χ0n) is 17.2. The monoisotopic (exact) mass is 432 g/mol. The molecule has 0 amide bonds.